The number of carbonyl (C=O) groups excluding carboxylic acids is 3. The molecule has 0 fully saturated rings. The van der Waals surface area contributed by atoms with Crippen molar-refractivity contribution in [3.8, 4) is 0 Å². The molecule has 11 heteroatoms. The van der Waals surface area contributed by atoms with Crippen LogP contribution in [0.5, 0.6) is 0 Å². The van der Waals surface area contributed by atoms with E-state index in [-0.39, 0.29) is 42.4 Å². The number of nitro groups is 1. The third-order valence-electron chi connectivity index (χ3n) is 3.76. The van der Waals surface area contributed by atoms with Crippen molar-refractivity contribution in [3.05, 3.63) is 27.4 Å². The molecule has 0 radical (unpaired) electrons. The molecule has 1 aromatic heterocycles. The molecule has 0 aliphatic rings. The van der Waals surface area contributed by atoms with Gasteiger partial charge >= 0.3 is 17.6 Å². The molecule has 154 valence electrons. The van der Waals surface area contributed by atoms with E-state index in [1.54, 1.807) is 13.8 Å². The molecule has 0 bridgehead atoms. The van der Waals surface area contributed by atoms with Gasteiger partial charge in [0.25, 0.3) is 0 Å². The highest BCUT2D eigenvalue weighted by Gasteiger charge is 2.34. The van der Waals surface area contributed by atoms with Crippen molar-refractivity contribution in [2.45, 2.75) is 40.2 Å². The molecule has 0 saturated heterocycles. The Balaban J connectivity index is 3.32. The average molecular weight is 396 g/mol. The van der Waals surface area contributed by atoms with Crippen LogP contribution in [-0.2, 0) is 23.9 Å². The fourth-order valence-electron chi connectivity index (χ4n) is 2.64. The second kappa shape index (κ2) is 10.2. The molecule has 1 unspecified atom stereocenters. The van der Waals surface area contributed by atoms with Gasteiger partial charge in [-0.3, -0.25) is 24.5 Å². The molecule has 28 heavy (non-hydrogen) atoms. The van der Waals surface area contributed by atoms with Gasteiger partial charge in [-0.05, 0) is 33.3 Å². The summed E-state index contributed by atoms with van der Waals surface area (Å²) in [6.07, 6.45) is -0.207. The SMILES string of the molecule is CCOC(=O)C(CC(NC(C)=O)c1cc(C)c([N+](=O)[O-])c(N)n1)C(=O)OCC. The van der Waals surface area contributed by atoms with Crippen molar-refractivity contribution in [3.63, 3.8) is 0 Å². The van der Waals surface area contributed by atoms with Crippen molar-refractivity contribution < 1.29 is 28.8 Å². The molecule has 0 saturated carbocycles. The van der Waals surface area contributed by atoms with Gasteiger partial charge in [-0.2, -0.15) is 0 Å². The second-order valence-electron chi connectivity index (χ2n) is 5.90. The van der Waals surface area contributed by atoms with Gasteiger partial charge in [0.15, 0.2) is 5.92 Å². The number of aromatic nitrogens is 1. The van der Waals surface area contributed by atoms with Gasteiger partial charge in [0, 0.05) is 12.5 Å². The summed E-state index contributed by atoms with van der Waals surface area (Å²) in [6, 6.07) is 0.459. The first-order chi connectivity index (χ1) is 13.1. The molecule has 3 N–H and O–H groups in total. The van der Waals surface area contributed by atoms with E-state index in [0.29, 0.717) is 0 Å². The number of aryl methyl sites for hydroxylation is 1. The number of carbonyl (C=O) groups is 3. The Morgan fingerprint density at radius 3 is 2.18 bits per heavy atom. The summed E-state index contributed by atoms with van der Waals surface area (Å²) in [5.74, 6) is -3.70. The molecule has 1 heterocycles. The van der Waals surface area contributed by atoms with Crippen molar-refractivity contribution in [1.29, 1.82) is 0 Å². The fraction of sp³-hybridized carbons (Fsp3) is 0.529. The Labute approximate surface area is 161 Å². The normalized spacial score (nSPS) is 11.6. The van der Waals surface area contributed by atoms with Crippen molar-refractivity contribution in [2.75, 3.05) is 18.9 Å². The van der Waals surface area contributed by atoms with Gasteiger partial charge in [-0.1, -0.05) is 0 Å². The van der Waals surface area contributed by atoms with Crippen molar-refractivity contribution in [1.82, 2.24) is 10.3 Å². The van der Waals surface area contributed by atoms with Gasteiger partial charge in [0.2, 0.25) is 11.7 Å². The molecule has 0 aliphatic carbocycles. The predicted molar refractivity (Wildman–Crippen MR) is 98.0 cm³/mol. The standard InChI is InChI=1S/C17H24N4O7/c1-5-27-16(23)11(17(24)28-6-2)8-13(19-10(4)22)12-7-9(3)14(21(25)26)15(18)20-12/h7,11,13H,5-6,8H2,1-4H3,(H2,18,20)(H,19,22). The molecule has 1 atom stereocenters. The lowest BCUT2D eigenvalue weighted by Gasteiger charge is -2.22. The molecule has 0 aromatic carbocycles. The number of ether oxygens (including phenoxy) is 2. The molecular weight excluding hydrogens is 372 g/mol. The molecule has 1 aromatic rings. The van der Waals surface area contributed by atoms with Crippen molar-refractivity contribution >= 4 is 29.4 Å². The number of anilines is 1. The zero-order valence-electron chi connectivity index (χ0n) is 16.2. The van der Waals surface area contributed by atoms with Gasteiger partial charge < -0.3 is 20.5 Å². The number of pyridine rings is 1. The predicted octanol–water partition coefficient (Wildman–Crippen LogP) is 1.19. The van der Waals surface area contributed by atoms with Crippen LogP contribution in [0.15, 0.2) is 6.07 Å². The lowest BCUT2D eigenvalue weighted by molar-refractivity contribution is -0.384. The molecule has 0 aliphatic heterocycles. The molecule has 11 nitrogen and oxygen atoms in total. The topological polar surface area (TPSA) is 164 Å². The minimum absolute atomic E-state index is 0.0569. The Morgan fingerprint density at radius 1 is 1.25 bits per heavy atom. The molecule has 0 spiro atoms. The van der Waals surface area contributed by atoms with Crippen molar-refractivity contribution in [2.24, 2.45) is 5.92 Å². The first-order valence-electron chi connectivity index (χ1n) is 8.64. The Kier molecular flexibility index (Phi) is 8.29. The highest BCUT2D eigenvalue weighted by molar-refractivity contribution is 5.95. The first kappa shape index (κ1) is 22.8. The summed E-state index contributed by atoms with van der Waals surface area (Å²) >= 11 is 0. The van der Waals surface area contributed by atoms with Crippen LogP contribution in [0.25, 0.3) is 0 Å². The van der Waals surface area contributed by atoms with Gasteiger partial charge in [-0.25, -0.2) is 4.98 Å². The zero-order chi connectivity index (χ0) is 21.4. The largest absolute Gasteiger partial charge is 0.465 e. The summed E-state index contributed by atoms with van der Waals surface area (Å²) in [5, 5.41) is 13.7. The number of hydrogen-bond acceptors (Lipinski definition) is 9. The van der Waals surface area contributed by atoms with Crippen LogP contribution in [0.3, 0.4) is 0 Å². The van der Waals surface area contributed by atoms with Gasteiger partial charge in [0.05, 0.1) is 29.9 Å². The van der Waals surface area contributed by atoms with Crippen LogP contribution < -0.4 is 11.1 Å². The number of esters is 2. The average Bonchev–Trinajstić information content (AvgIpc) is 2.57. The van der Waals surface area contributed by atoms with E-state index in [1.165, 1.54) is 19.9 Å². The van der Waals surface area contributed by atoms with E-state index >= 15 is 0 Å². The van der Waals surface area contributed by atoms with E-state index in [1.807, 2.05) is 0 Å². The van der Waals surface area contributed by atoms with Gasteiger partial charge in [-0.15, -0.1) is 0 Å². The monoisotopic (exact) mass is 396 g/mol. The quantitative estimate of drug-likeness (QED) is 0.270. The fourth-order valence-corrected chi connectivity index (χ4v) is 2.64. The number of nitrogen functional groups attached to an aromatic ring is 1. The van der Waals surface area contributed by atoms with Crippen LogP contribution in [0.2, 0.25) is 0 Å². The van der Waals surface area contributed by atoms with Crippen LogP contribution in [0, 0.1) is 23.0 Å². The van der Waals surface area contributed by atoms with Crippen LogP contribution in [-0.4, -0.2) is 41.0 Å². The van der Waals surface area contributed by atoms with Crippen LogP contribution in [0.4, 0.5) is 11.5 Å². The van der Waals surface area contributed by atoms with E-state index in [2.05, 4.69) is 10.3 Å². The Hall–Kier alpha value is -3.24. The lowest BCUT2D eigenvalue weighted by atomic mass is 9.96. The molecular formula is C17H24N4O7. The number of hydrogen-bond donors (Lipinski definition) is 2. The summed E-state index contributed by atoms with van der Waals surface area (Å²) in [4.78, 5) is 50.5. The van der Waals surface area contributed by atoms with Crippen LogP contribution >= 0.6 is 0 Å². The number of nitrogens with one attached hydrogen (secondary N) is 1. The smallest absolute Gasteiger partial charge is 0.320 e. The number of nitrogens with two attached hydrogens (primary N) is 1. The maximum atomic E-state index is 12.2. The highest BCUT2D eigenvalue weighted by atomic mass is 16.6. The summed E-state index contributed by atoms with van der Waals surface area (Å²) in [6.45, 7) is 6.01. The number of rotatable bonds is 9. The minimum Gasteiger partial charge on any atom is -0.465 e. The third kappa shape index (κ3) is 5.89. The first-order valence-corrected chi connectivity index (χ1v) is 8.64. The minimum atomic E-state index is -1.31. The third-order valence-corrected chi connectivity index (χ3v) is 3.76. The summed E-state index contributed by atoms with van der Waals surface area (Å²) in [7, 11) is 0. The second-order valence-corrected chi connectivity index (χ2v) is 5.90. The van der Waals surface area contributed by atoms with E-state index < -0.39 is 34.7 Å². The van der Waals surface area contributed by atoms with E-state index in [4.69, 9.17) is 15.2 Å². The highest BCUT2D eigenvalue weighted by Crippen LogP contribution is 2.29. The molecule has 1 amide bonds. The Bertz CT molecular complexity index is 725. The molecule has 1 rings (SSSR count). The summed E-state index contributed by atoms with van der Waals surface area (Å²) in [5.41, 5.74) is 5.74. The maximum absolute atomic E-state index is 12.2. The summed E-state index contributed by atoms with van der Waals surface area (Å²) < 4.78 is 9.85. The van der Waals surface area contributed by atoms with Gasteiger partial charge in [0.1, 0.15) is 0 Å². The zero-order valence-corrected chi connectivity index (χ0v) is 16.2. The Morgan fingerprint density at radius 2 is 1.79 bits per heavy atom. The lowest BCUT2D eigenvalue weighted by Crippen LogP contribution is -2.35. The van der Waals surface area contributed by atoms with E-state index in [9.17, 15) is 24.5 Å². The van der Waals surface area contributed by atoms with Crippen LogP contribution in [0.1, 0.15) is 44.5 Å². The number of amides is 1. The maximum Gasteiger partial charge on any atom is 0.320 e. The number of nitrogens with zero attached hydrogens (tertiary/aromatic N) is 2. The van der Waals surface area contributed by atoms with E-state index in [0.717, 1.165) is 0 Å².